The molecule has 1 saturated heterocycles. The lowest BCUT2D eigenvalue weighted by atomic mass is 9.63. The molecule has 2 aromatic rings. The summed E-state index contributed by atoms with van der Waals surface area (Å²) >= 11 is 1.61. The highest BCUT2D eigenvalue weighted by molar-refractivity contribution is 7.13. The van der Waals surface area contributed by atoms with Crippen molar-refractivity contribution in [3.05, 3.63) is 41.0 Å². The molecule has 3 aliphatic rings. The molecule has 10 nitrogen and oxygen atoms in total. The minimum absolute atomic E-state index is 0.00305. The van der Waals surface area contributed by atoms with E-state index in [-0.39, 0.29) is 37.2 Å². The lowest BCUT2D eigenvalue weighted by Crippen LogP contribution is -2.58. The molecule has 2 saturated carbocycles. The predicted octanol–water partition coefficient (Wildman–Crippen LogP) is 5.78. The summed E-state index contributed by atoms with van der Waals surface area (Å²) in [6.45, 7) is 12.7. The summed E-state index contributed by atoms with van der Waals surface area (Å²) in [5.74, 6) is -0.318. The Balaban J connectivity index is 1.11. The van der Waals surface area contributed by atoms with E-state index in [4.69, 9.17) is 15.2 Å². The van der Waals surface area contributed by atoms with Crippen molar-refractivity contribution in [2.45, 2.75) is 142 Å². The highest BCUT2D eigenvalue weighted by atomic mass is 32.1. The van der Waals surface area contributed by atoms with E-state index < -0.39 is 23.6 Å². The van der Waals surface area contributed by atoms with Crippen LogP contribution in [0.15, 0.2) is 34.8 Å². The van der Waals surface area contributed by atoms with Gasteiger partial charge in [0.05, 0.1) is 53.1 Å². The van der Waals surface area contributed by atoms with Crippen molar-refractivity contribution in [3.8, 4) is 10.4 Å². The second kappa shape index (κ2) is 16.0. The van der Waals surface area contributed by atoms with Gasteiger partial charge in [-0.3, -0.25) is 14.6 Å². The first-order chi connectivity index (χ1) is 23.3. The molecule has 1 aromatic heterocycles. The topological polar surface area (TPSA) is 139 Å². The smallest absolute Gasteiger partial charge is 0.246 e. The number of nitrogens with two attached hydrogens (primary N) is 1. The number of hydrogen-bond acceptors (Lipinski definition) is 8. The molecule has 3 atom stereocenters. The number of rotatable bonds is 13. The van der Waals surface area contributed by atoms with Gasteiger partial charge >= 0.3 is 0 Å². The number of amidine groups is 1. The Hall–Kier alpha value is -2.86. The molecule has 1 aliphatic heterocycles. The molecule has 3 fully saturated rings. The summed E-state index contributed by atoms with van der Waals surface area (Å²) in [7, 11) is 0. The SMILES string of the molecule is CCC1(CC)CC(OC2CCC(OCC(=O)N[C@H](C(=O)N3C[C@H](O)C[C@H]3C(N)=NCc3ccc(-c4scnc4C)cc3)C(C)(C)C)CC2)C1. The molecule has 270 valence electrons. The monoisotopic (exact) mass is 695 g/mol. The Kier molecular flexibility index (Phi) is 12.2. The van der Waals surface area contributed by atoms with Crippen LogP contribution in [-0.4, -0.2) is 82.3 Å². The summed E-state index contributed by atoms with van der Waals surface area (Å²) in [4.78, 5) is 38.8. The summed E-state index contributed by atoms with van der Waals surface area (Å²) in [5.41, 5.74) is 11.3. The first-order valence-electron chi connectivity index (χ1n) is 18.1. The van der Waals surface area contributed by atoms with Crippen LogP contribution in [0.4, 0.5) is 0 Å². The van der Waals surface area contributed by atoms with Crippen LogP contribution in [0.5, 0.6) is 0 Å². The van der Waals surface area contributed by atoms with Crippen LogP contribution >= 0.6 is 11.3 Å². The van der Waals surface area contributed by atoms with Gasteiger partial charge in [0, 0.05) is 13.0 Å². The quantitative estimate of drug-likeness (QED) is 0.178. The number of aliphatic hydroxyl groups is 1. The highest BCUT2D eigenvalue weighted by Crippen LogP contribution is 2.49. The van der Waals surface area contributed by atoms with Gasteiger partial charge in [0.2, 0.25) is 11.8 Å². The van der Waals surface area contributed by atoms with Crippen LogP contribution in [0, 0.1) is 17.8 Å². The maximum atomic E-state index is 14.0. The maximum absolute atomic E-state index is 14.0. The summed E-state index contributed by atoms with van der Waals surface area (Å²) in [6.07, 6.45) is 8.62. The van der Waals surface area contributed by atoms with Crippen LogP contribution < -0.4 is 11.1 Å². The normalized spacial score (nSPS) is 25.2. The maximum Gasteiger partial charge on any atom is 0.246 e. The van der Waals surface area contributed by atoms with E-state index in [9.17, 15) is 14.7 Å². The van der Waals surface area contributed by atoms with E-state index in [2.05, 4.69) is 41.3 Å². The van der Waals surface area contributed by atoms with Crippen molar-refractivity contribution < 1.29 is 24.2 Å². The molecule has 0 spiro atoms. The van der Waals surface area contributed by atoms with Crippen molar-refractivity contribution in [1.82, 2.24) is 15.2 Å². The average molecular weight is 696 g/mol. The van der Waals surface area contributed by atoms with Crippen LogP contribution in [0.3, 0.4) is 0 Å². The molecule has 49 heavy (non-hydrogen) atoms. The number of aliphatic imine (C=N–C) groups is 1. The molecule has 2 amide bonds. The number of benzene rings is 1. The van der Waals surface area contributed by atoms with Gasteiger partial charge < -0.3 is 30.5 Å². The van der Waals surface area contributed by atoms with E-state index in [1.165, 1.54) is 25.7 Å². The number of β-amino-alcohol motifs (C(OH)–C–C–N with tert-alkyl or cyclic N) is 1. The molecule has 2 aliphatic carbocycles. The lowest BCUT2D eigenvalue weighted by molar-refractivity contribution is -0.144. The van der Waals surface area contributed by atoms with E-state index in [1.807, 2.05) is 45.3 Å². The van der Waals surface area contributed by atoms with E-state index >= 15 is 0 Å². The van der Waals surface area contributed by atoms with Crippen LogP contribution in [0.25, 0.3) is 10.4 Å². The van der Waals surface area contributed by atoms with Crippen molar-refractivity contribution in [3.63, 3.8) is 0 Å². The molecule has 0 unspecified atom stereocenters. The number of carbonyl (C=O) groups excluding carboxylic acids is 2. The molecule has 1 aromatic carbocycles. The molecule has 2 heterocycles. The van der Waals surface area contributed by atoms with Gasteiger partial charge in [-0.05, 0) is 67.4 Å². The number of carbonyl (C=O) groups is 2. The van der Waals surface area contributed by atoms with Gasteiger partial charge in [0.25, 0.3) is 0 Å². The third-order valence-electron chi connectivity index (χ3n) is 11.0. The van der Waals surface area contributed by atoms with E-state index in [1.54, 1.807) is 16.2 Å². The second-order valence-corrected chi connectivity index (χ2v) is 16.4. The fourth-order valence-electron chi connectivity index (χ4n) is 7.61. The standard InChI is InChI=1S/C38H57N5O5S/c1-7-38(8-2)18-30(19-38)48-29-15-13-28(14-16-29)47-22-32(45)42-34(37(4,5)6)36(46)43-21-27(44)17-31(43)35(39)40-20-25-9-11-26(12-10-25)33-24(3)41-23-49-33/h9-12,23,27-31,34,44H,7-8,13-22H2,1-6H3,(H2,39,40)(H,42,45)/t27-,28?,29?,31+,34-/m1/s1. The van der Waals surface area contributed by atoms with Crippen LogP contribution in [0.1, 0.15) is 104 Å². The first-order valence-corrected chi connectivity index (χ1v) is 19.0. The first kappa shape index (κ1) is 37.4. The fourth-order valence-corrected chi connectivity index (χ4v) is 8.43. The average Bonchev–Trinajstić information content (AvgIpc) is 3.68. The number of likely N-dealkylation sites (tertiary alicyclic amines) is 1. The van der Waals surface area contributed by atoms with Gasteiger partial charge in [-0.2, -0.15) is 0 Å². The Morgan fingerprint density at radius 1 is 1.10 bits per heavy atom. The van der Waals surface area contributed by atoms with Crippen LogP contribution in [0.2, 0.25) is 0 Å². The van der Waals surface area contributed by atoms with Gasteiger partial charge in [0.15, 0.2) is 0 Å². The van der Waals surface area contributed by atoms with Crippen molar-refractivity contribution in [1.29, 1.82) is 0 Å². The zero-order chi connectivity index (χ0) is 35.3. The van der Waals surface area contributed by atoms with Crippen molar-refractivity contribution in [2.24, 2.45) is 21.6 Å². The predicted molar refractivity (Wildman–Crippen MR) is 194 cm³/mol. The minimum Gasteiger partial charge on any atom is -0.391 e. The highest BCUT2D eigenvalue weighted by Gasteiger charge is 2.44. The Bertz CT molecular complexity index is 1430. The number of amides is 2. The molecular weight excluding hydrogens is 639 g/mol. The number of nitrogens with one attached hydrogen (secondary N) is 1. The third-order valence-corrected chi connectivity index (χ3v) is 12.0. The van der Waals surface area contributed by atoms with E-state index in [0.717, 1.165) is 47.4 Å². The summed E-state index contributed by atoms with van der Waals surface area (Å²) < 4.78 is 12.4. The van der Waals surface area contributed by atoms with Gasteiger partial charge in [-0.1, -0.05) is 71.7 Å². The van der Waals surface area contributed by atoms with Crippen LogP contribution in [-0.2, 0) is 25.6 Å². The second-order valence-electron chi connectivity index (χ2n) is 15.6. The fraction of sp³-hybridized carbons (Fsp3) is 0.684. The van der Waals surface area contributed by atoms with E-state index in [0.29, 0.717) is 30.3 Å². The Labute approximate surface area is 296 Å². The molecule has 11 heteroatoms. The number of nitrogens with zero attached hydrogens (tertiary/aromatic N) is 3. The van der Waals surface area contributed by atoms with Gasteiger partial charge in [0.1, 0.15) is 18.5 Å². The molecule has 5 rings (SSSR count). The van der Waals surface area contributed by atoms with Crippen molar-refractivity contribution >= 4 is 29.0 Å². The zero-order valence-electron chi connectivity index (χ0n) is 30.2. The zero-order valence-corrected chi connectivity index (χ0v) is 31.1. The Morgan fingerprint density at radius 3 is 2.35 bits per heavy atom. The largest absolute Gasteiger partial charge is 0.391 e. The number of hydrogen-bond donors (Lipinski definition) is 3. The minimum atomic E-state index is -0.822. The molecule has 4 N–H and O–H groups in total. The summed E-state index contributed by atoms with van der Waals surface area (Å²) in [6, 6.07) is 6.75. The molecule has 0 bridgehead atoms. The van der Waals surface area contributed by atoms with Crippen molar-refractivity contribution in [2.75, 3.05) is 13.2 Å². The number of aromatic nitrogens is 1. The molecular formula is C38H57N5O5S. The summed E-state index contributed by atoms with van der Waals surface area (Å²) in [5, 5.41) is 13.5. The number of aryl methyl sites for hydroxylation is 1. The number of ether oxygens (including phenoxy) is 2. The van der Waals surface area contributed by atoms with Gasteiger partial charge in [-0.25, -0.2) is 4.98 Å². The molecule has 0 radical (unpaired) electrons. The third kappa shape index (κ3) is 9.28. The Morgan fingerprint density at radius 2 is 1.76 bits per heavy atom. The lowest BCUT2D eigenvalue weighted by Gasteiger charge is -2.48. The number of aliphatic hydroxyl groups excluding tert-OH is 1. The van der Waals surface area contributed by atoms with Gasteiger partial charge in [-0.15, -0.1) is 11.3 Å². The number of thiazole rings is 1.